The maximum Gasteiger partial charge on any atom is 0.419 e. The molecule has 0 aromatic carbocycles. The number of hydrogen-bond acceptors (Lipinski definition) is 3. The Morgan fingerprint density at radius 2 is 2.15 bits per heavy atom. The highest BCUT2D eigenvalue weighted by Crippen LogP contribution is 2.40. The van der Waals surface area contributed by atoms with Crippen molar-refractivity contribution in [3.8, 4) is 0 Å². The number of fused-ring (bicyclic) bond motifs is 1. The van der Waals surface area contributed by atoms with Gasteiger partial charge >= 0.3 is 6.18 Å². The molecule has 20 heavy (non-hydrogen) atoms. The van der Waals surface area contributed by atoms with E-state index in [9.17, 15) is 13.2 Å². The van der Waals surface area contributed by atoms with Crippen LogP contribution in [0.15, 0.2) is 16.7 Å². The lowest BCUT2D eigenvalue weighted by Crippen LogP contribution is -2.46. The van der Waals surface area contributed by atoms with Crippen LogP contribution in [0.25, 0.3) is 0 Å². The van der Waals surface area contributed by atoms with Gasteiger partial charge < -0.3 is 10.2 Å². The Balaban J connectivity index is 2.00. The van der Waals surface area contributed by atoms with Gasteiger partial charge in [-0.25, -0.2) is 4.98 Å². The van der Waals surface area contributed by atoms with Crippen LogP contribution in [-0.2, 0) is 6.18 Å². The van der Waals surface area contributed by atoms with E-state index in [0.29, 0.717) is 16.9 Å². The Kier molecular flexibility index (Phi) is 3.66. The van der Waals surface area contributed by atoms with Gasteiger partial charge in [-0.1, -0.05) is 0 Å². The summed E-state index contributed by atoms with van der Waals surface area (Å²) in [7, 11) is 0. The van der Waals surface area contributed by atoms with Crippen molar-refractivity contribution < 1.29 is 13.2 Å². The number of nitrogens with one attached hydrogen (secondary N) is 1. The highest BCUT2D eigenvalue weighted by Gasteiger charge is 2.41. The largest absolute Gasteiger partial charge is 0.419 e. The fourth-order valence-corrected chi connectivity index (χ4v) is 3.53. The molecule has 0 spiro atoms. The zero-order valence-corrected chi connectivity index (χ0v) is 12.3. The van der Waals surface area contributed by atoms with Gasteiger partial charge in [-0.05, 0) is 40.8 Å². The Labute approximate surface area is 123 Å². The normalized spacial score (nSPS) is 26.7. The summed E-state index contributed by atoms with van der Waals surface area (Å²) in [6.07, 6.45) is -0.953. The van der Waals surface area contributed by atoms with Crippen molar-refractivity contribution in [2.75, 3.05) is 24.5 Å². The van der Waals surface area contributed by atoms with Crippen molar-refractivity contribution in [3.63, 3.8) is 0 Å². The van der Waals surface area contributed by atoms with Crippen LogP contribution < -0.4 is 10.2 Å². The first-order valence-electron chi connectivity index (χ1n) is 6.67. The SMILES string of the molecule is FC(F)(F)c1cc(Br)cnc1N1CCCC2CNCC21. The average molecular weight is 350 g/mol. The zero-order valence-electron chi connectivity index (χ0n) is 10.8. The number of hydrogen-bond donors (Lipinski definition) is 1. The van der Waals surface area contributed by atoms with Crippen LogP contribution in [-0.4, -0.2) is 30.7 Å². The molecule has 0 radical (unpaired) electrons. The first-order valence-corrected chi connectivity index (χ1v) is 7.46. The Bertz CT molecular complexity index is 506. The molecule has 3 nitrogen and oxygen atoms in total. The topological polar surface area (TPSA) is 28.2 Å². The summed E-state index contributed by atoms with van der Waals surface area (Å²) >= 11 is 3.08. The maximum atomic E-state index is 13.2. The summed E-state index contributed by atoms with van der Waals surface area (Å²) in [5, 5.41) is 3.27. The molecule has 3 rings (SSSR count). The van der Waals surface area contributed by atoms with Gasteiger partial charge in [0.05, 0.1) is 5.56 Å². The predicted molar refractivity (Wildman–Crippen MR) is 73.7 cm³/mol. The second-order valence-electron chi connectivity index (χ2n) is 5.34. The molecule has 1 aromatic heterocycles. The molecule has 1 N–H and O–H groups in total. The quantitative estimate of drug-likeness (QED) is 0.844. The van der Waals surface area contributed by atoms with Gasteiger partial charge in [0.15, 0.2) is 0 Å². The second-order valence-corrected chi connectivity index (χ2v) is 6.26. The maximum absolute atomic E-state index is 13.2. The van der Waals surface area contributed by atoms with Crippen molar-refractivity contribution >= 4 is 21.7 Å². The van der Waals surface area contributed by atoms with Crippen molar-refractivity contribution in [2.24, 2.45) is 5.92 Å². The Hall–Kier alpha value is -0.820. The molecular formula is C13H15BrF3N3. The minimum Gasteiger partial charge on any atom is -0.352 e. The third-order valence-electron chi connectivity index (χ3n) is 4.09. The molecule has 3 heterocycles. The summed E-state index contributed by atoms with van der Waals surface area (Å²) in [5.74, 6) is 0.495. The van der Waals surface area contributed by atoms with Gasteiger partial charge in [-0.3, -0.25) is 0 Å². The van der Waals surface area contributed by atoms with Crippen LogP contribution in [0, 0.1) is 5.92 Å². The lowest BCUT2D eigenvalue weighted by molar-refractivity contribution is -0.137. The number of alkyl halides is 3. The van der Waals surface area contributed by atoms with Crippen LogP contribution >= 0.6 is 15.9 Å². The number of halogens is 4. The first kappa shape index (κ1) is 14.1. The van der Waals surface area contributed by atoms with Crippen LogP contribution in [0.2, 0.25) is 0 Å². The molecule has 110 valence electrons. The van der Waals surface area contributed by atoms with E-state index in [1.807, 2.05) is 4.90 Å². The van der Waals surface area contributed by atoms with Crippen molar-refractivity contribution in [3.05, 3.63) is 22.3 Å². The molecule has 0 aliphatic carbocycles. The molecule has 0 amide bonds. The van der Waals surface area contributed by atoms with E-state index in [1.54, 1.807) is 0 Å². The average Bonchev–Trinajstić information content (AvgIpc) is 2.86. The van der Waals surface area contributed by atoms with Crippen molar-refractivity contribution in [1.29, 1.82) is 0 Å². The van der Waals surface area contributed by atoms with E-state index in [-0.39, 0.29) is 11.9 Å². The zero-order chi connectivity index (χ0) is 14.3. The van der Waals surface area contributed by atoms with E-state index in [4.69, 9.17) is 0 Å². The summed E-state index contributed by atoms with van der Waals surface area (Å²) in [6.45, 7) is 2.26. The first-order chi connectivity index (χ1) is 9.47. The van der Waals surface area contributed by atoms with Crippen LogP contribution in [0.1, 0.15) is 18.4 Å². The third kappa shape index (κ3) is 2.53. The number of aromatic nitrogens is 1. The smallest absolute Gasteiger partial charge is 0.352 e. The summed E-state index contributed by atoms with van der Waals surface area (Å²) in [4.78, 5) is 5.90. The molecule has 2 unspecified atom stereocenters. The van der Waals surface area contributed by atoms with E-state index in [0.717, 1.165) is 32.0 Å². The molecule has 2 atom stereocenters. The molecule has 2 aliphatic rings. The fraction of sp³-hybridized carbons (Fsp3) is 0.615. The van der Waals surface area contributed by atoms with Gasteiger partial charge in [0, 0.05) is 36.3 Å². The molecule has 2 aliphatic heterocycles. The van der Waals surface area contributed by atoms with Gasteiger partial charge in [-0.15, -0.1) is 0 Å². The van der Waals surface area contributed by atoms with Gasteiger partial charge in [0.25, 0.3) is 0 Å². The number of rotatable bonds is 1. The molecule has 2 saturated heterocycles. The van der Waals surface area contributed by atoms with Gasteiger partial charge in [0.2, 0.25) is 0 Å². The van der Waals surface area contributed by atoms with Gasteiger partial charge in [0.1, 0.15) is 5.82 Å². The summed E-state index contributed by atoms with van der Waals surface area (Å²) in [5.41, 5.74) is -0.653. The van der Waals surface area contributed by atoms with Crippen LogP contribution in [0.4, 0.5) is 19.0 Å². The van der Waals surface area contributed by atoms with E-state index >= 15 is 0 Å². The standard InChI is InChI=1S/C13H15BrF3N3/c14-9-4-10(13(15,16)17)12(19-6-9)20-3-1-2-8-5-18-7-11(8)20/h4,6,8,11,18H,1-3,5,7H2. The van der Waals surface area contributed by atoms with Gasteiger partial charge in [-0.2, -0.15) is 13.2 Å². The molecule has 2 fully saturated rings. The fourth-order valence-electron chi connectivity index (χ4n) is 3.20. The van der Waals surface area contributed by atoms with Crippen LogP contribution in [0.5, 0.6) is 0 Å². The molecule has 0 saturated carbocycles. The van der Waals surface area contributed by atoms with Crippen molar-refractivity contribution in [1.82, 2.24) is 10.3 Å². The summed E-state index contributed by atoms with van der Waals surface area (Å²) in [6, 6.07) is 1.24. The minimum absolute atomic E-state index is 0.0686. The third-order valence-corrected chi connectivity index (χ3v) is 4.52. The predicted octanol–water partition coefficient (Wildman–Crippen LogP) is 3.05. The highest BCUT2D eigenvalue weighted by atomic mass is 79.9. The number of pyridine rings is 1. The second kappa shape index (κ2) is 5.18. The van der Waals surface area contributed by atoms with Crippen LogP contribution in [0.3, 0.4) is 0 Å². The monoisotopic (exact) mass is 349 g/mol. The van der Waals surface area contributed by atoms with E-state index in [2.05, 4.69) is 26.2 Å². The summed E-state index contributed by atoms with van der Waals surface area (Å²) < 4.78 is 40.0. The van der Waals surface area contributed by atoms with E-state index < -0.39 is 11.7 Å². The lowest BCUT2D eigenvalue weighted by atomic mass is 9.91. The highest BCUT2D eigenvalue weighted by molar-refractivity contribution is 9.10. The Morgan fingerprint density at radius 3 is 2.90 bits per heavy atom. The lowest BCUT2D eigenvalue weighted by Gasteiger charge is -2.39. The van der Waals surface area contributed by atoms with Crippen molar-refractivity contribution in [2.45, 2.75) is 25.1 Å². The molecule has 7 heteroatoms. The molecular weight excluding hydrogens is 335 g/mol. The number of nitrogens with zero attached hydrogens (tertiary/aromatic N) is 2. The Morgan fingerprint density at radius 1 is 1.35 bits per heavy atom. The molecule has 1 aromatic rings. The minimum atomic E-state index is -4.38. The molecule has 0 bridgehead atoms. The number of piperidine rings is 1. The number of anilines is 1. The van der Waals surface area contributed by atoms with E-state index in [1.165, 1.54) is 6.20 Å².